The molecule has 1 heterocycles. The molecular formula is C37H51F3N4O6. The van der Waals surface area contributed by atoms with Gasteiger partial charge in [0.1, 0.15) is 5.75 Å². The molecule has 276 valence electrons. The molecule has 4 rings (SSSR count). The van der Waals surface area contributed by atoms with E-state index >= 15 is 0 Å². The van der Waals surface area contributed by atoms with Gasteiger partial charge in [0.2, 0.25) is 5.91 Å². The molecule has 0 saturated heterocycles. The van der Waals surface area contributed by atoms with E-state index in [0.29, 0.717) is 24.5 Å². The molecule has 0 aromatic heterocycles. The fraction of sp³-hybridized carbons (Fsp3) is 0.595. The Bertz CT molecular complexity index is 1430. The monoisotopic (exact) mass is 704 g/mol. The van der Waals surface area contributed by atoms with Crippen molar-refractivity contribution in [1.29, 1.82) is 0 Å². The van der Waals surface area contributed by atoms with Gasteiger partial charge >= 0.3 is 12.2 Å². The number of carbonyl (C=O) groups excluding carboxylic acids is 3. The number of anilines is 2. The van der Waals surface area contributed by atoms with Gasteiger partial charge in [-0.15, -0.1) is 0 Å². The molecule has 0 radical (unpaired) electrons. The molecule has 1 aliphatic heterocycles. The SMILES string of the molecule is C[C@H](CO)N1C[C@H](C)[C@@H](CN(C)C(=O)Nc2ccc(C(F)(F)F)cc2)OCCCC[C@H](C)Oc2ccc(NC(=O)C3CCCCC3)cc2C1=O. The first-order valence-electron chi connectivity index (χ1n) is 17.6. The normalized spacial score (nSPS) is 22.0. The van der Waals surface area contributed by atoms with Gasteiger partial charge in [0.15, 0.2) is 0 Å². The van der Waals surface area contributed by atoms with Crippen molar-refractivity contribution in [1.82, 2.24) is 9.80 Å². The van der Waals surface area contributed by atoms with Crippen molar-refractivity contribution in [3.63, 3.8) is 0 Å². The summed E-state index contributed by atoms with van der Waals surface area (Å²) in [6.07, 6.45) is 1.84. The molecule has 2 aromatic rings. The smallest absolute Gasteiger partial charge is 0.416 e. The quantitative estimate of drug-likeness (QED) is 0.281. The van der Waals surface area contributed by atoms with Crippen molar-refractivity contribution >= 4 is 29.2 Å². The van der Waals surface area contributed by atoms with Crippen molar-refractivity contribution in [2.24, 2.45) is 11.8 Å². The third kappa shape index (κ3) is 10.8. The minimum atomic E-state index is -4.48. The molecule has 1 aliphatic carbocycles. The number of nitrogens with zero attached hydrogens (tertiary/aromatic N) is 2. The minimum Gasteiger partial charge on any atom is -0.490 e. The number of rotatable bonds is 7. The lowest BCUT2D eigenvalue weighted by atomic mass is 9.88. The second-order valence-corrected chi connectivity index (χ2v) is 13.7. The van der Waals surface area contributed by atoms with Gasteiger partial charge < -0.3 is 35.0 Å². The van der Waals surface area contributed by atoms with E-state index in [9.17, 15) is 32.7 Å². The van der Waals surface area contributed by atoms with Gasteiger partial charge in [0.05, 0.1) is 36.0 Å². The molecule has 1 fully saturated rings. The Labute approximate surface area is 292 Å². The number of halogens is 3. The van der Waals surface area contributed by atoms with Crippen molar-refractivity contribution in [3.8, 4) is 5.75 Å². The van der Waals surface area contributed by atoms with Gasteiger partial charge in [-0.2, -0.15) is 13.2 Å². The Morgan fingerprint density at radius 2 is 1.64 bits per heavy atom. The summed E-state index contributed by atoms with van der Waals surface area (Å²) in [7, 11) is 1.57. The summed E-state index contributed by atoms with van der Waals surface area (Å²) in [6, 6.07) is 8.22. The summed E-state index contributed by atoms with van der Waals surface area (Å²) in [6.45, 7) is 5.99. The highest BCUT2D eigenvalue weighted by molar-refractivity contribution is 6.00. The van der Waals surface area contributed by atoms with Crippen molar-refractivity contribution < 1.29 is 42.1 Å². The van der Waals surface area contributed by atoms with Crippen LogP contribution >= 0.6 is 0 Å². The molecule has 0 bridgehead atoms. The third-order valence-electron chi connectivity index (χ3n) is 9.56. The Balaban J connectivity index is 1.55. The molecule has 10 nitrogen and oxygen atoms in total. The Kier molecular flexibility index (Phi) is 13.9. The largest absolute Gasteiger partial charge is 0.490 e. The van der Waals surface area contributed by atoms with E-state index < -0.39 is 29.9 Å². The number of carbonyl (C=O) groups is 3. The lowest BCUT2D eigenvalue weighted by Crippen LogP contribution is -2.48. The number of aliphatic hydroxyl groups is 1. The van der Waals surface area contributed by atoms with E-state index in [1.807, 2.05) is 13.8 Å². The van der Waals surface area contributed by atoms with Crippen molar-refractivity contribution in [3.05, 3.63) is 53.6 Å². The summed E-state index contributed by atoms with van der Waals surface area (Å²) in [4.78, 5) is 43.5. The zero-order valence-corrected chi connectivity index (χ0v) is 29.4. The van der Waals surface area contributed by atoms with Crippen LogP contribution in [0.25, 0.3) is 0 Å². The van der Waals surface area contributed by atoms with Crippen LogP contribution in [-0.4, -0.2) is 84.4 Å². The highest BCUT2D eigenvalue weighted by Crippen LogP contribution is 2.31. The van der Waals surface area contributed by atoms with Gasteiger partial charge in [-0.05, 0) is 88.4 Å². The van der Waals surface area contributed by atoms with E-state index in [4.69, 9.17) is 9.47 Å². The number of alkyl halides is 3. The molecule has 2 aromatic carbocycles. The number of benzene rings is 2. The molecule has 0 unspecified atom stereocenters. The Hall–Kier alpha value is -3.84. The molecule has 4 atom stereocenters. The summed E-state index contributed by atoms with van der Waals surface area (Å²) in [5.41, 5.74) is 0.170. The van der Waals surface area contributed by atoms with Crippen LogP contribution in [0.5, 0.6) is 5.75 Å². The summed E-state index contributed by atoms with van der Waals surface area (Å²) >= 11 is 0. The molecule has 2 aliphatic rings. The van der Waals surface area contributed by atoms with Crippen LogP contribution in [0.1, 0.15) is 88.1 Å². The number of urea groups is 1. The first-order chi connectivity index (χ1) is 23.8. The minimum absolute atomic E-state index is 0.0621. The first kappa shape index (κ1) is 39.0. The van der Waals surface area contributed by atoms with Crippen LogP contribution in [0.4, 0.5) is 29.3 Å². The molecule has 13 heteroatoms. The van der Waals surface area contributed by atoms with Gasteiger partial charge in [-0.25, -0.2) is 4.79 Å². The van der Waals surface area contributed by atoms with Crippen LogP contribution in [0.3, 0.4) is 0 Å². The summed E-state index contributed by atoms with van der Waals surface area (Å²) in [5, 5.41) is 15.9. The number of hydrogen-bond acceptors (Lipinski definition) is 6. The number of ether oxygens (including phenoxy) is 2. The molecular weight excluding hydrogens is 653 g/mol. The first-order valence-corrected chi connectivity index (χ1v) is 17.6. The highest BCUT2D eigenvalue weighted by atomic mass is 19.4. The average Bonchev–Trinajstić information content (AvgIpc) is 3.09. The average molecular weight is 705 g/mol. The van der Waals surface area contributed by atoms with Gasteiger partial charge in [-0.3, -0.25) is 9.59 Å². The molecule has 4 amide bonds. The van der Waals surface area contributed by atoms with Gasteiger partial charge in [0, 0.05) is 50.0 Å². The van der Waals surface area contributed by atoms with E-state index in [1.165, 1.54) is 17.0 Å². The van der Waals surface area contributed by atoms with E-state index in [-0.39, 0.29) is 60.7 Å². The van der Waals surface area contributed by atoms with E-state index in [1.54, 1.807) is 37.1 Å². The number of fused-ring (bicyclic) bond motifs is 1. The summed E-state index contributed by atoms with van der Waals surface area (Å²) < 4.78 is 51.6. The molecule has 0 spiro atoms. The highest BCUT2D eigenvalue weighted by Gasteiger charge is 2.32. The summed E-state index contributed by atoms with van der Waals surface area (Å²) in [5.74, 6) is -0.421. The Morgan fingerprint density at radius 1 is 0.980 bits per heavy atom. The number of amides is 4. The zero-order chi connectivity index (χ0) is 36.4. The Morgan fingerprint density at radius 3 is 2.30 bits per heavy atom. The van der Waals surface area contributed by atoms with E-state index in [0.717, 1.165) is 57.1 Å². The second kappa shape index (κ2) is 17.9. The predicted molar refractivity (Wildman–Crippen MR) is 185 cm³/mol. The number of likely N-dealkylation sites (N-methyl/N-ethyl adjacent to an activating group) is 1. The predicted octanol–water partition coefficient (Wildman–Crippen LogP) is 7.18. The van der Waals surface area contributed by atoms with Crippen molar-refractivity contribution in [2.75, 3.05) is 44.0 Å². The molecule has 50 heavy (non-hydrogen) atoms. The maximum Gasteiger partial charge on any atom is 0.416 e. The van der Waals surface area contributed by atoms with Gasteiger partial charge in [0.25, 0.3) is 5.91 Å². The number of nitrogens with one attached hydrogen (secondary N) is 2. The van der Waals surface area contributed by atoms with Crippen LogP contribution < -0.4 is 15.4 Å². The third-order valence-corrected chi connectivity index (χ3v) is 9.56. The van der Waals surface area contributed by atoms with Crippen LogP contribution in [0, 0.1) is 11.8 Å². The molecule has 1 saturated carbocycles. The van der Waals surface area contributed by atoms with E-state index in [2.05, 4.69) is 10.6 Å². The fourth-order valence-corrected chi connectivity index (χ4v) is 6.39. The number of hydrogen-bond donors (Lipinski definition) is 3. The standard InChI is InChI=1S/C37H51F3N4O6/c1-24-21-44(25(2)23-45)35(47)31-20-30(41-34(46)27-11-6-5-7-12-27)17-18-32(31)50-26(3)10-8-9-19-49-33(24)22-43(4)36(48)42-29-15-13-28(14-16-29)37(38,39)40/h13-18,20,24-27,33,45H,5-12,19,21-23H2,1-4H3,(H,41,46)(H,42,48)/t24-,25+,26-,33+/m0/s1. The van der Waals surface area contributed by atoms with Crippen LogP contribution in [0.15, 0.2) is 42.5 Å². The molecule has 3 N–H and O–H groups in total. The van der Waals surface area contributed by atoms with Gasteiger partial charge in [-0.1, -0.05) is 26.2 Å². The van der Waals surface area contributed by atoms with Crippen LogP contribution in [-0.2, 0) is 15.7 Å². The lowest BCUT2D eigenvalue weighted by molar-refractivity contribution is -0.137. The van der Waals surface area contributed by atoms with Crippen molar-refractivity contribution in [2.45, 2.75) is 96.6 Å². The maximum absolute atomic E-state index is 14.4. The fourth-order valence-electron chi connectivity index (χ4n) is 6.39. The van der Waals surface area contributed by atoms with Crippen LogP contribution in [0.2, 0.25) is 0 Å². The number of aliphatic hydroxyl groups excluding tert-OH is 1. The second-order valence-electron chi connectivity index (χ2n) is 13.7. The zero-order valence-electron chi connectivity index (χ0n) is 29.4. The maximum atomic E-state index is 14.4. The lowest BCUT2D eigenvalue weighted by Gasteiger charge is -2.35. The topological polar surface area (TPSA) is 120 Å².